The highest BCUT2D eigenvalue weighted by Gasteiger charge is 2.23. The maximum Gasteiger partial charge on any atom is 0.341 e. The van der Waals surface area contributed by atoms with Crippen molar-refractivity contribution in [3.63, 3.8) is 0 Å². The predicted octanol–water partition coefficient (Wildman–Crippen LogP) is 3.13. The van der Waals surface area contributed by atoms with Gasteiger partial charge in [-0.25, -0.2) is 4.79 Å². The summed E-state index contributed by atoms with van der Waals surface area (Å²) in [5.41, 5.74) is 6.84. The Bertz CT molecular complexity index is 719. The Morgan fingerprint density at radius 2 is 1.83 bits per heavy atom. The van der Waals surface area contributed by atoms with Gasteiger partial charge in [-0.15, -0.1) is 0 Å². The van der Waals surface area contributed by atoms with Crippen molar-refractivity contribution in [2.45, 2.75) is 13.0 Å². The summed E-state index contributed by atoms with van der Waals surface area (Å²) in [6.07, 6.45) is -0.942. The van der Waals surface area contributed by atoms with Gasteiger partial charge in [-0.05, 0) is 37.3 Å². The maximum absolute atomic E-state index is 12.3. The second kappa shape index (κ2) is 7.15. The van der Waals surface area contributed by atoms with E-state index in [0.29, 0.717) is 10.7 Å². The van der Waals surface area contributed by atoms with Gasteiger partial charge in [0.05, 0.1) is 5.56 Å². The molecule has 2 rings (SSSR count). The topological polar surface area (TPSA) is 72.6 Å². The molecule has 2 aromatic rings. The summed E-state index contributed by atoms with van der Waals surface area (Å²) in [5, 5.41) is 0.423. The lowest BCUT2D eigenvalue weighted by Gasteiger charge is -2.21. The van der Waals surface area contributed by atoms with Crippen molar-refractivity contribution in [3.05, 3.63) is 59.1 Å². The van der Waals surface area contributed by atoms with E-state index in [9.17, 15) is 9.59 Å². The number of para-hydroxylation sites is 1. The van der Waals surface area contributed by atoms with Crippen LogP contribution in [0.5, 0.6) is 0 Å². The van der Waals surface area contributed by atoms with Gasteiger partial charge in [-0.1, -0.05) is 29.8 Å². The molecule has 0 saturated carbocycles. The van der Waals surface area contributed by atoms with Gasteiger partial charge in [0.15, 0.2) is 6.10 Å². The van der Waals surface area contributed by atoms with Gasteiger partial charge >= 0.3 is 5.97 Å². The number of nitrogens with two attached hydrogens (primary N) is 1. The molecule has 0 bridgehead atoms. The first-order chi connectivity index (χ1) is 10.9. The number of carbonyl (C=O) groups is 2. The zero-order chi connectivity index (χ0) is 17.0. The van der Waals surface area contributed by atoms with Crippen molar-refractivity contribution < 1.29 is 14.3 Å². The monoisotopic (exact) mass is 332 g/mol. The SMILES string of the molecule is C[C@@H](OC(=O)c1ccc(Cl)cc1N)C(=O)N(C)c1ccccc1. The molecule has 5 nitrogen and oxygen atoms in total. The third-order valence-corrected chi connectivity index (χ3v) is 3.57. The number of benzene rings is 2. The highest BCUT2D eigenvalue weighted by Crippen LogP contribution is 2.20. The summed E-state index contributed by atoms with van der Waals surface area (Å²) in [5.74, 6) is -1.00. The van der Waals surface area contributed by atoms with E-state index in [0.717, 1.165) is 0 Å². The fraction of sp³-hybridized carbons (Fsp3) is 0.176. The minimum Gasteiger partial charge on any atom is -0.449 e. The quantitative estimate of drug-likeness (QED) is 0.689. The lowest BCUT2D eigenvalue weighted by atomic mass is 10.2. The molecule has 0 aliphatic rings. The van der Waals surface area contributed by atoms with Gasteiger partial charge in [-0.2, -0.15) is 0 Å². The van der Waals surface area contributed by atoms with E-state index in [1.54, 1.807) is 19.2 Å². The van der Waals surface area contributed by atoms with Crippen molar-refractivity contribution in [1.82, 2.24) is 0 Å². The molecule has 1 amide bonds. The lowest BCUT2D eigenvalue weighted by molar-refractivity contribution is -0.126. The van der Waals surface area contributed by atoms with Gasteiger partial charge in [0.1, 0.15) is 0 Å². The fourth-order valence-corrected chi connectivity index (χ4v) is 2.23. The summed E-state index contributed by atoms with van der Waals surface area (Å²) in [7, 11) is 1.62. The lowest BCUT2D eigenvalue weighted by Crippen LogP contribution is -2.37. The highest BCUT2D eigenvalue weighted by molar-refractivity contribution is 6.31. The van der Waals surface area contributed by atoms with Crippen LogP contribution in [0.15, 0.2) is 48.5 Å². The van der Waals surface area contributed by atoms with Crippen LogP contribution in [0.4, 0.5) is 11.4 Å². The molecule has 0 heterocycles. The van der Waals surface area contributed by atoms with E-state index in [-0.39, 0.29) is 17.2 Å². The number of hydrogen-bond donors (Lipinski definition) is 1. The molecule has 0 fully saturated rings. The molecule has 2 aromatic carbocycles. The molecule has 0 aliphatic carbocycles. The first-order valence-corrected chi connectivity index (χ1v) is 7.36. The molecule has 0 saturated heterocycles. The molecule has 6 heteroatoms. The van der Waals surface area contributed by atoms with E-state index in [4.69, 9.17) is 22.1 Å². The van der Waals surface area contributed by atoms with Crippen LogP contribution in [-0.2, 0) is 9.53 Å². The van der Waals surface area contributed by atoms with E-state index in [1.807, 2.05) is 18.2 Å². The van der Waals surface area contributed by atoms with Crippen molar-refractivity contribution in [2.24, 2.45) is 0 Å². The zero-order valence-corrected chi connectivity index (χ0v) is 13.6. The van der Waals surface area contributed by atoms with Crippen LogP contribution >= 0.6 is 11.6 Å². The molecule has 0 spiro atoms. The third kappa shape index (κ3) is 4.02. The minimum absolute atomic E-state index is 0.177. The van der Waals surface area contributed by atoms with Crippen molar-refractivity contribution >= 4 is 34.9 Å². The Kier molecular flexibility index (Phi) is 5.24. The van der Waals surface area contributed by atoms with Crippen LogP contribution in [0.3, 0.4) is 0 Å². The summed E-state index contributed by atoms with van der Waals surface area (Å²) < 4.78 is 5.21. The summed E-state index contributed by atoms with van der Waals surface area (Å²) >= 11 is 5.79. The van der Waals surface area contributed by atoms with Crippen molar-refractivity contribution in [1.29, 1.82) is 0 Å². The second-order valence-electron chi connectivity index (χ2n) is 5.01. The van der Waals surface area contributed by atoms with Crippen LogP contribution in [0.1, 0.15) is 17.3 Å². The number of ether oxygens (including phenoxy) is 1. The van der Waals surface area contributed by atoms with Gasteiger partial charge in [-0.3, -0.25) is 4.79 Å². The Labute approximate surface area is 139 Å². The van der Waals surface area contributed by atoms with Crippen molar-refractivity contribution in [3.8, 4) is 0 Å². The zero-order valence-electron chi connectivity index (χ0n) is 12.8. The molecule has 0 aromatic heterocycles. The van der Waals surface area contributed by atoms with Crippen LogP contribution in [0.2, 0.25) is 5.02 Å². The van der Waals surface area contributed by atoms with Gasteiger partial charge < -0.3 is 15.4 Å². The molecule has 1 atom stereocenters. The molecule has 0 radical (unpaired) electrons. The van der Waals surface area contributed by atoms with E-state index >= 15 is 0 Å². The number of anilines is 2. The number of hydrogen-bond acceptors (Lipinski definition) is 4. The Hall–Kier alpha value is -2.53. The molecular weight excluding hydrogens is 316 g/mol. The fourth-order valence-electron chi connectivity index (χ4n) is 2.05. The van der Waals surface area contributed by atoms with Crippen LogP contribution in [0.25, 0.3) is 0 Å². The highest BCUT2D eigenvalue weighted by atomic mass is 35.5. The molecule has 0 unspecified atom stereocenters. The average Bonchev–Trinajstić information content (AvgIpc) is 2.54. The minimum atomic E-state index is -0.942. The Morgan fingerprint density at radius 3 is 2.43 bits per heavy atom. The van der Waals surface area contributed by atoms with Crippen LogP contribution in [-0.4, -0.2) is 25.0 Å². The number of nitrogen functional groups attached to an aromatic ring is 1. The van der Waals surface area contributed by atoms with Gasteiger partial charge in [0.25, 0.3) is 5.91 Å². The van der Waals surface area contributed by atoms with Gasteiger partial charge in [0, 0.05) is 23.4 Å². The molecule has 23 heavy (non-hydrogen) atoms. The first kappa shape index (κ1) is 16.8. The molecular formula is C17H17ClN2O3. The molecule has 2 N–H and O–H groups in total. The predicted molar refractivity (Wildman–Crippen MR) is 90.6 cm³/mol. The Balaban J connectivity index is 2.07. The average molecular weight is 333 g/mol. The van der Waals surface area contributed by atoms with Gasteiger partial charge in [0.2, 0.25) is 0 Å². The summed E-state index contributed by atoms with van der Waals surface area (Å²) in [6.45, 7) is 1.52. The van der Waals surface area contributed by atoms with E-state index in [2.05, 4.69) is 0 Å². The summed E-state index contributed by atoms with van der Waals surface area (Å²) in [6, 6.07) is 13.6. The molecule has 120 valence electrons. The molecule has 0 aliphatic heterocycles. The van der Waals surface area contributed by atoms with E-state index < -0.39 is 12.1 Å². The van der Waals surface area contributed by atoms with E-state index in [1.165, 1.54) is 30.0 Å². The normalized spacial score (nSPS) is 11.6. The smallest absolute Gasteiger partial charge is 0.341 e. The number of rotatable bonds is 4. The standard InChI is InChI=1S/C17H17ClN2O3/c1-11(16(21)20(2)13-6-4-3-5-7-13)23-17(22)14-9-8-12(18)10-15(14)19/h3-11H,19H2,1-2H3/t11-/m1/s1. The Morgan fingerprint density at radius 1 is 1.17 bits per heavy atom. The van der Waals surface area contributed by atoms with Crippen LogP contribution in [0, 0.1) is 0 Å². The number of esters is 1. The largest absolute Gasteiger partial charge is 0.449 e. The summed E-state index contributed by atoms with van der Waals surface area (Å²) in [4.78, 5) is 25.9. The second-order valence-corrected chi connectivity index (χ2v) is 5.45. The number of likely N-dealkylation sites (N-methyl/N-ethyl adjacent to an activating group) is 1. The number of carbonyl (C=O) groups excluding carboxylic acids is 2. The first-order valence-electron chi connectivity index (χ1n) is 6.98. The van der Waals surface area contributed by atoms with Crippen molar-refractivity contribution in [2.75, 3.05) is 17.7 Å². The maximum atomic E-state index is 12.3. The number of amides is 1. The number of halogens is 1. The third-order valence-electron chi connectivity index (χ3n) is 3.34. The van der Waals surface area contributed by atoms with Crippen LogP contribution < -0.4 is 10.6 Å². The number of nitrogens with zero attached hydrogens (tertiary/aromatic N) is 1.